The van der Waals surface area contributed by atoms with E-state index in [1.807, 2.05) is 13.8 Å². The number of rotatable bonds is 7. The van der Waals surface area contributed by atoms with Crippen LogP contribution < -0.4 is 11.1 Å². The van der Waals surface area contributed by atoms with Crippen LogP contribution in [0.5, 0.6) is 0 Å². The molecule has 0 aromatic heterocycles. The fourth-order valence-electron chi connectivity index (χ4n) is 2.08. The number of nitrogens with one attached hydrogen (secondary N) is 1. The standard InChI is InChI=1S/C13H28N2O/c1-6-9-12(4,5)15-11(16)13(7-2,8-3)10-14/h6-10,14H2,1-5H3,(H,15,16). The van der Waals surface area contributed by atoms with Crippen LogP contribution in [0.15, 0.2) is 0 Å². The van der Waals surface area contributed by atoms with Crippen LogP contribution in [-0.2, 0) is 4.79 Å². The molecule has 0 saturated carbocycles. The molecule has 0 aliphatic carbocycles. The summed E-state index contributed by atoms with van der Waals surface area (Å²) in [5.74, 6) is 0.110. The third-order valence-corrected chi connectivity index (χ3v) is 3.55. The lowest BCUT2D eigenvalue weighted by molar-refractivity contribution is -0.132. The van der Waals surface area contributed by atoms with Gasteiger partial charge in [-0.1, -0.05) is 27.2 Å². The van der Waals surface area contributed by atoms with Crippen LogP contribution >= 0.6 is 0 Å². The zero-order valence-corrected chi connectivity index (χ0v) is 11.5. The summed E-state index contributed by atoms with van der Waals surface area (Å²) in [4.78, 5) is 12.3. The Morgan fingerprint density at radius 2 is 1.69 bits per heavy atom. The minimum Gasteiger partial charge on any atom is -0.351 e. The highest BCUT2D eigenvalue weighted by molar-refractivity contribution is 5.83. The highest BCUT2D eigenvalue weighted by Gasteiger charge is 2.35. The summed E-state index contributed by atoms with van der Waals surface area (Å²) in [6.07, 6.45) is 3.66. The second-order valence-electron chi connectivity index (χ2n) is 5.28. The van der Waals surface area contributed by atoms with E-state index < -0.39 is 0 Å². The highest BCUT2D eigenvalue weighted by atomic mass is 16.2. The molecule has 0 fully saturated rings. The lowest BCUT2D eigenvalue weighted by Gasteiger charge is -2.34. The fourth-order valence-corrected chi connectivity index (χ4v) is 2.08. The predicted octanol–water partition coefficient (Wildman–Crippen LogP) is 2.45. The fraction of sp³-hybridized carbons (Fsp3) is 0.923. The Balaban J connectivity index is 4.65. The van der Waals surface area contributed by atoms with E-state index in [9.17, 15) is 4.79 Å². The number of hydrogen-bond donors (Lipinski definition) is 2. The summed E-state index contributed by atoms with van der Waals surface area (Å²) in [5, 5.41) is 3.13. The molecule has 0 aliphatic heterocycles. The first kappa shape index (κ1) is 15.4. The Morgan fingerprint density at radius 1 is 1.19 bits per heavy atom. The maximum Gasteiger partial charge on any atom is 0.227 e. The van der Waals surface area contributed by atoms with Crippen LogP contribution in [-0.4, -0.2) is 18.0 Å². The van der Waals surface area contributed by atoms with Crippen LogP contribution in [0.4, 0.5) is 0 Å². The van der Waals surface area contributed by atoms with E-state index in [1.54, 1.807) is 0 Å². The number of amides is 1. The molecule has 16 heavy (non-hydrogen) atoms. The van der Waals surface area contributed by atoms with Crippen LogP contribution in [0.2, 0.25) is 0 Å². The van der Waals surface area contributed by atoms with Crippen molar-refractivity contribution in [3.63, 3.8) is 0 Å². The third kappa shape index (κ3) is 3.78. The third-order valence-electron chi connectivity index (χ3n) is 3.55. The van der Waals surface area contributed by atoms with Crippen molar-refractivity contribution in [1.29, 1.82) is 0 Å². The van der Waals surface area contributed by atoms with Gasteiger partial charge in [0, 0.05) is 12.1 Å². The summed E-state index contributed by atoms with van der Waals surface area (Å²) in [7, 11) is 0. The lowest BCUT2D eigenvalue weighted by Crippen LogP contribution is -2.52. The van der Waals surface area contributed by atoms with Crippen molar-refractivity contribution in [3.05, 3.63) is 0 Å². The van der Waals surface area contributed by atoms with Crippen molar-refractivity contribution >= 4 is 5.91 Å². The van der Waals surface area contributed by atoms with Gasteiger partial charge in [0.2, 0.25) is 5.91 Å². The van der Waals surface area contributed by atoms with Crippen LogP contribution in [0.1, 0.15) is 60.3 Å². The van der Waals surface area contributed by atoms with Crippen molar-refractivity contribution in [2.75, 3.05) is 6.54 Å². The Hall–Kier alpha value is -0.570. The van der Waals surface area contributed by atoms with Crippen molar-refractivity contribution in [3.8, 4) is 0 Å². The van der Waals surface area contributed by atoms with Gasteiger partial charge >= 0.3 is 0 Å². The Morgan fingerprint density at radius 3 is 2.00 bits per heavy atom. The van der Waals surface area contributed by atoms with E-state index in [0.717, 1.165) is 25.7 Å². The quantitative estimate of drug-likeness (QED) is 0.703. The molecule has 0 unspecified atom stereocenters. The highest BCUT2D eigenvalue weighted by Crippen LogP contribution is 2.26. The summed E-state index contributed by atoms with van der Waals surface area (Å²) in [6, 6.07) is 0. The number of carbonyl (C=O) groups is 1. The van der Waals surface area contributed by atoms with Gasteiger partial charge in [0.1, 0.15) is 0 Å². The average molecular weight is 228 g/mol. The molecule has 3 heteroatoms. The molecule has 0 aliphatic rings. The molecule has 0 heterocycles. The van der Waals surface area contributed by atoms with E-state index >= 15 is 0 Å². The van der Waals surface area contributed by atoms with Gasteiger partial charge in [-0.3, -0.25) is 4.79 Å². The van der Waals surface area contributed by atoms with Gasteiger partial charge in [-0.15, -0.1) is 0 Å². The van der Waals surface area contributed by atoms with Crippen molar-refractivity contribution in [2.24, 2.45) is 11.1 Å². The van der Waals surface area contributed by atoms with Crippen LogP contribution in [0.3, 0.4) is 0 Å². The van der Waals surface area contributed by atoms with E-state index in [4.69, 9.17) is 5.73 Å². The van der Waals surface area contributed by atoms with Crippen molar-refractivity contribution < 1.29 is 4.79 Å². The van der Waals surface area contributed by atoms with Gasteiger partial charge in [0.15, 0.2) is 0 Å². The predicted molar refractivity (Wildman–Crippen MR) is 69.2 cm³/mol. The van der Waals surface area contributed by atoms with E-state index in [0.29, 0.717) is 6.54 Å². The molecule has 0 saturated heterocycles. The zero-order chi connectivity index (χ0) is 12.8. The summed E-state index contributed by atoms with van der Waals surface area (Å²) >= 11 is 0. The minimum absolute atomic E-state index is 0.110. The Bertz CT molecular complexity index is 212. The topological polar surface area (TPSA) is 55.1 Å². The molecule has 0 aromatic rings. The van der Waals surface area contributed by atoms with E-state index in [-0.39, 0.29) is 16.9 Å². The molecule has 1 amide bonds. The summed E-state index contributed by atoms with van der Waals surface area (Å²) in [6.45, 7) is 10.8. The summed E-state index contributed by atoms with van der Waals surface area (Å²) < 4.78 is 0. The molecule has 0 aromatic carbocycles. The molecular weight excluding hydrogens is 200 g/mol. The van der Waals surface area contributed by atoms with E-state index in [1.165, 1.54) is 0 Å². The van der Waals surface area contributed by atoms with Gasteiger partial charge in [0.05, 0.1) is 5.41 Å². The first-order valence-electron chi connectivity index (χ1n) is 6.40. The van der Waals surface area contributed by atoms with Crippen molar-refractivity contribution in [2.45, 2.75) is 65.8 Å². The SMILES string of the molecule is CCCC(C)(C)NC(=O)C(CC)(CC)CN. The Labute approximate surface area is 100 Å². The molecule has 0 rings (SSSR count). The Kier molecular flexibility index (Phi) is 6.01. The van der Waals surface area contributed by atoms with E-state index in [2.05, 4.69) is 26.1 Å². The first-order chi connectivity index (χ1) is 7.37. The van der Waals surface area contributed by atoms with Crippen LogP contribution in [0.25, 0.3) is 0 Å². The van der Waals surface area contributed by atoms with Crippen molar-refractivity contribution in [1.82, 2.24) is 5.32 Å². The number of carbonyl (C=O) groups excluding carboxylic acids is 1. The normalized spacial score (nSPS) is 12.6. The number of nitrogens with two attached hydrogens (primary N) is 1. The molecule has 0 bridgehead atoms. The average Bonchev–Trinajstić information content (AvgIpc) is 2.20. The molecule has 0 radical (unpaired) electrons. The maximum absolute atomic E-state index is 12.3. The second-order valence-corrected chi connectivity index (χ2v) is 5.28. The number of hydrogen-bond acceptors (Lipinski definition) is 2. The molecule has 96 valence electrons. The van der Waals surface area contributed by atoms with Gasteiger partial charge in [-0.2, -0.15) is 0 Å². The lowest BCUT2D eigenvalue weighted by atomic mass is 9.80. The molecule has 3 nitrogen and oxygen atoms in total. The summed E-state index contributed by atoms with van der Waals surface area (Å²) in [5.41, 5.74) is 5.25. The molecule has 0 atom stereocenters. The largest absolute Gasteiger partial charge is 0.351 e. The second kappa shape index (κ2) is 6.24. The smallest absolute Gasteiger partial charge is 0.227 e. The molecule has 3 N–H and O–H groups in total. The van der Waals surface area contributed by atoms with Gasteiger partial charge in [-0.25, -0.2) is 0 Å². The molecule has 0 spiro atoms. The monoisotopic (exact) mass is 228 g/mol. The molecular formula is C13H28N2O. The first-order valence-corrected chi connectivity index (χ1v) is 6.40. The minimum atomic E-state index is -0.384. The zero-order valence-electron chi connectivity index (χ0n) is 11.5. The maximum atomic E-state index is 12.3. The van der Waals surface area contributed by atoms with Crippen LogP contribution in [0, 0.1) is 5.41 Å². The van der Waals surface area contributed by atoms with Gasteiger partial charge in [-0.05, 0) is 33.1 Å². The van der Waals surface area contributed by atoms with Gasteiger partial charge < -0.3 is 11.1 Å². The van der Waals surface area contributed by atoms with Gasteiger partial charge in [0.25, 0.3) is 0 Å².